The largest absolute Gasteiger partial charge is 0.497 e. The van der Waals surface area contributed by atoms with Gasteiger partial charge in [0.2, 0.25) is 0 Å². The van der Waals surface area contributed by atoms with Gasteiger partial charge in [0.15, 0.2) is 6.61 Å². The number of rotatable bonds is 6. The summed E-state index contributed by atoms with van der Waals surface area (Å²) in [7, 11) is 1.59. The number of ether oxygens (including phenoxy) is 2. The van der Waals surface area contributed by atoms with E-state index in [0.29, 0.717) is 17.4 Å². The molecule has 0 spiro atoms. The van der Waals surface area contributed by atoms with E-state index in [1.165, 1.54) is 5.56 Å². The molecule has 0 saturated heterocycles. The lowest BCUT2D eigenvalue weighted by molar-refractivity contribution is -0.118. The molecular weight excluding hydrogens is 278 g/mol. The molecule has 0 aliphatic rings. The minimum Gasteiger partial charge on any atom is -0.497 e. The topological polar surface area (TPSA) is 47.6 Å². The first kappa shape index (κ1) is 15.9. The van der Waals surface area contributed by atoms with Crippen molar-refractivity contribution < 1.29 is 14.3 Å². The highest BCUT2D eigenvalue weighted by molar-refractivity contribution is 5.91. The van der Waals surface area contributed by atoms with Gasteiger partial charge in [-0.25, -0.2) is 0 Å². The van der Waals surface area contributed by atoms with Gasteiger partial charge in [-0.05, 0) is 35.7 Å². The summed E-state index contributed by atoms with van der Waals surface area (Å²) in [5, 5.41) is 2.81. The molecule has 4 heteroatoms. The predicted molar refractivity (Wildman–Crippen MR) is 87.6 cm³/mol. The van der Waals surface area contributed by atoms with E-state index in [1.807, 2.05) is 36.4 Å². The van der Waals surface area contributed by atoms with Gasteiger partial charge in [-0.2, -0.15) is 0 Å². The lowest BCUT2D eigenvalue weighted by Gasteiger charge is -2.10. The smallest absolute Gasteiger partial charge is 0.262 e. The van der Waals surface area contributed by atoms with E-state index in [0.717, 1.165) is 5.69 Å². The maximum absolute atomic E-state index is 11.9. The molecule has 4 nitrogen and oxygen atoms in total. The van der Waals surface area contributed by atoms with E-state index in [9.17, 15) is 4.79 Å². The minimum atomic E-state index is -0.194. The third kappa shape index (κ3) is 4.52. The number of anilines is 1. The van der Waals surface area contributed by atoms with Crippen LogP contribution in [0, 0.1) is 0 Å². The molecule has 2 aromatic carbocycles. The van der Waals surface area contributed by atoms with Crippen LogP contribution in [0.2, 0.25) is 0 Å². The van der Waals surface area contributed by atoms with Crippen LogP contribution in [0.1, 0.15) is 25.3 Å². The Morgan fingerprint density at radius 1 is 1.09 bits per heavy atom. The number of carbonyl (C=O) groups is 1. The van der Waals surface area contributed by atoms with E-state index >= 15 is 0 Å². The van der Waals surface area contributed by atoms with Crippen molar-refractivity contribution in [2.24, 2.45) is 0 Å². The van der Waals surface area contributed by atoms with Crippen LogP contribution >= 0.6 is 0 Å². The van der Waals surface area contributed by atoms with Gasteiger partial charge in [0.05, 0.1) is 7.11 Å². The Morgan fingerprint density at radius 3 is 2.41 bits per heavy atom. The van der Waals surface area contributed by atoms with Crippen LogP contribution in [-0.4, -0.2) is 19.6 Å². The number of carbonyl (C=O) groups excluding carboxylic acids is 1. The summed E-state index contributed by atoms with van der Waals surface area (Å²) >= 11 is 0. The lowest BCUT2D eigenvalue weighted by atomic mass is 10.0. The van der Waals surface area contributed by atoms with Crippen molar-refractivity contribution in [3.05, 3.63) is 54.1 Å². The van der Waals surface area contributed by atoms with Gasteiger partial charge in [-0.15, -0.1) is 0 Å². The molecule has 0 atom stereocenters. The standard InChI is InChI=1S/C18H21NO3/c1-13(2)14-7-9-15(10-8-14)19-18(20)12-22-17-6-4-5-16(11-17)21-3/h4-11,13H,12H2,1-3H3,(H,19,20). The second kappa shape index (κ2) is 7.50. The van der Waals surface area contributed by atoms with Gasteiger partial charge in [0, 0.05) is 11.8 Å². The first-order chi connectivity index (χ1) is 10.6. The van der Waals surface area contributed by atoms with Crippen molar-refractivity contribution in [3.63, 3.8) is 0 Å². The first-order valence-corrected chi connectivity index (χ1v) is 7.25. The molecule has 1 N–H and O–H groups in total. The predicted octanol–water partition coefficient (Wildman–Crippen LogP) is 3.84. The molecule has 1 amide bonds. The Hall–Kier alpha value is -2.49. The number of nitrogens with one attached hydrogen (secondary N) is 1. The zero-order chi connectivity index (χ0) is 15.9. The van der Waals surface area contributed by atoms with Crippen LogP contribution < -0.4 is 14.8 Å². The summed E-state index contributed by atoms with van der Waals surface area (Å²) in [5.74, 6) is 1.58. The first-order valence-electron chi connectivity index (χ1n) is 7.25. The van der Waals surface area contributed by atoms with Crippen LogP contribution in [0.3, 0.4) is 0 Å². The highest BCUT2D eigenvalue weighted by atomic mass is 16.5. The van der Waals surface area contributed by atoms with E-state index in [-0.39, 0.29) is 12.5 Å². The maximum Gasteiger partial charge on any atom is 0.262 e. The van der Waals surface area contributed by atoms with Crippen molar-refractivity contribution in [1.29, 1.82) is 0 Å². The molecule has 0 fully saturated rings. The summed E-state index contributed by atoms with van der Waals surface area (Å²) in [6, 6.07) is 15.0. The van der Waals surface area contributed by atoms with Gasteiger partial charge in [0.1, 0.15) is 11.5 Å². The Kier molecular flexibility index (Phi) is 5.42. The van der Waals surface area contributed by atoms with Gasteiger partial charge in [0.25, 0.3) is 5.91 Å². The summed E-state index contributed by atoms with van der Waals surface area (Å²) in [6.45, 7) is 4.23. The highest BCUT2D eigenvalue weighted by Gasteiger charge is 2.05. The number of benzene rings is 2. The van der Waals surface area contributed by atoms with Crippen molar-refractivity contribution >= 4 is 11.6 Å². The molecule has 2 rings (SSSR count). The molecule has 0 radical (unpaired) electrons. The number of methoxy groups -OCH3 is 1. The van der Waals surface area contributed by atoms with Crippen LogP contribution in [0.15, 0.2) is 48.5 Å². The highest BCUT2D eigenvalue weighted by Crippen LogP contribution is 2.19. The fraction of sp³-hybridized carbons (Fsp3) is 0.278. The molecule has 0 heterocycles. The van der Waals surface area contributed by atoms with Gasteiger partial charge >= 0.3 is 0 Å². The average Bonchev–Trinajstić information content (AvgIpc) is 2.53. The number of hydrogen-bond acceptors (Lipinski definition) is 3. The Labute approximate surface area is 131 Å². The molecule has 0 aromatic heterocycles. The zero-order valence-electron chi connectivity index (χ0n) is 13.1. The summed E-state index contributed by atoms with van der Waals surface area (Å²) in [6.07, 6.45) is 0. The van der Waals surface area contributed by atoms with Crippen molar-refractivity contribution in [1.82, 2.24) is 0 Å². The fourth-order valence-electron chi connectivity index (χ4n) is 1.99. The maximum atomic E-state index is 11.9. The summed E-state index contributed by atoms with van der Waals surface area (Å²) < 4.78 is 10.6. The SMILES string of the molecule is COc1cccc(OCC(=O)Nc2ccc(C(C)C)cc2)c1. The fourth-order valence-corrected chi connectivity index (χ4v) is 1.99. The number of hydrogen-bond donors (Lipinski definition) is 1. The van der Waals surface area contributed by atoms with Crippen molar-refractivity contribution in [2.75, 3.05) is 19.0 Å². The minimum absolute atomic E-state index is 0.0426. The van der Waals surface area contributed by atoms with Crippen molar-refractivity contribution in [3.8, 4) is 11.5 Å². The number of amides is 1. The second-order valence-corrected chi connectivity index (χ2v) is 5.29. The molecule has 0 saturated carbocycles. The van der Waals surface area contributed by atoms with Crippen LogP contribution in [-0.2, 0) is 4.79 Å². The summed E-state index contributed by atoms with van der Waals surface area (Å²) in [4.78, 5) is 11.9. The third-order valence-electron chi connectivity index (χ3n) is 3.27. The van der Waals surface area contributed by atoms with Crippen molar-refractivity contribution in [2.45, 2.75) is 19.8 Å². The zero-order valence-corrected chi connectivity index (χ0v) is 13.1. The molecule has 0 bridgehead atoms. The lowest BCUT2D eigenvalue weighted by Crippen LogP contribution is -2.20. The van der Waals surface area contributed by atoms with E-state index in [1.54, 1.807) is 19.2 Å². The molecule has 2 aromatic rings. The van der Waals surface area contributed by atoms with Gasteiger partial charge < -0.3 is 14.8 Å². The monoisotopic (exact) mass is 299 g/mol. The normalized spacial score (nSPS) is 10.4. The molecule has 0 aliphatic heterocycles. The Bertz CT molecular complexity index is 620. The van der Waals surface area contributed by atoms with Crippen LogP contribution in [0.5, 0.6) is 11.5 Å². The molecule has 22 heavy (non-hydrogen) atoms. The Balaban J connectivity index is 1.87. The third-order valence-corrected chi connectivity index (χ3v) is 3.27. The van der Waals surface area contributed by atoms with Gasteiger partial charge in [-0.1, -0.05) is 32.0 Å². The average molecular weight is 299 g/mol. The molecule has 0 unspecified atom stereocenters. The quantitative estimate of drug-likeness (QED) is 0.881. The molecule has 0 aliphatic carbocycles. The Morgan fingerprint density at radius 2 is 1.77 bits per heavy atom. The van der Waals surface area contributed by atoms with E-state index in [2.05, 4.69) is 19.2 Å². The van der Waals surface area contributed by atoms with E-state index in [4.69, 9.17) is 9.47 Å². The van der Waals surface area contributed by atoms with Crippen LogP contribution in [0.4, 0.5) is 5.69 Å². The molecule has 116 valence electrons. The molecular formula is C18H21NO3. The van der Waals surface area contributed by atoms with Crippen LogP contribution in [0.25, 0.3) is 0 Å². The summed E-state index contributed by atoms with van der Waals surface area (Å²) in [5.41, 5.74) is 2.01. The second-order valence-electron chi connectivity index (χ2n) is 5.29. The van der Waals surface area contributed by atoms with E-state index < -0.39 is 0 Å². The van der Waals surface area contributed by atoms with Gasteiger partial charge in [-0.3, -0.25) is 4.79 Å².